The van der Waals surface area contributed by atoms with Gasteiger partial charge in [0.25, 0.3) is 0 Å². The van der Waals surface area contributed by atoms with Crippen molar-refractivity contribution in [3.05, 3.63) is 52.4 Å². The normalized spacial score (nSPS) is 21.8. The number of carbonyl (C=O) groups excluding carboxylic acids is 2. The second-order valence-corrected chi connectivity index (χ2v) is 9.17. The Morgan fingerprint density at radius 3 is 2.66 bits per heavy atom. The van der Waals surface area contributed by atoms with E-state index in [0.717, 1.165) is 74.1 Å². The molecule has 172 valence electrons. The van der Waals surface area contributed by atoms with E-state index in [1.807, 2.05) is 31.2 Å². The molecule has 1 aromatic rings. The number of ether oxygens (including phenoxy) is 2. The molecule has 5 heteroatoms. The van der Waals surface area contributed by atoms with Crippen molar-refractivity contribution in [2.45, 2.75) is 90.1 Å². The highest BCUT2D eigenvalue weighted by Crippen LogP contribution is 2.45. The number of Topliss-reactive ketones (excluding diaryl/α,β-unsaturated/α-hetero) is 1. The lowest BCUT2D eigenvalue weighted by Crippen LogP contribution is -2.35. The molecule has 1 heterocycles. The molecule has 2 aliphatic carbocycles. The van der Waals surface area contributed by atoms with Gasteiger partial charge in [-0.1, -0.05) is 38.0 Å². The SMILES string of the molecule is CCCCOc1ccccc1[C@@H]1C(C(=O)OC2CCCCC2)=C(C)NC2=C1C(=O)CCC2. The van der Waals surface area contributed by atoms with Gasteiger partial charge in [-0.3, -0.25) is 4.79 Å². The van der Waals surface area contributed by atoms with E-state index in [1.54, 1.807) is 0 Å². The average molecular weight is 438 g/mol. The van der Waals surface area contributed by atoms with Crippen LogP contribution in [0, 0.1) is 0 Å². The van der Waals surface area contributed by atoms with Gasteiger partial charge in [0.2, 0.25) is 0 Å². The van der Waals surface area contributed by atoms with Crippen LogP contribution in [0.3, 0.4) is 0 Å². The van der Waals surface area contributed by atoms with E-state index in [-0.39, 0.29) is 17.9 Å². The summed E-state index contributed by atoms with van der Waals surface area (Å²) in [4.78, 5) is 26.7. The summed E-state index contributed by atoms with van der Waals surface area (Å²) in [6, 6.07) is 7.84. The minimum absolute atomic E-state index is 0.0364. The number of dihydropyridines is 1. The van der Waals surface area contributed by atoms with Gasteiger partial charge in [0, 0.05) is 29.0 Å². The molecule has 1 atom stereocenters. The van der Waals surface area contributed by atoms with E-state index < -0.39 is 5.92 Å². The number of para-hydroxylation sites is 1. The van der Waals surface area contributed by atoms with E-state index in [9.17, 15) is 9.59 Å². The Morgan fingerprint density at radius 2 is 1.88 bits per heavy atom. The van der Waals surface area contributed by atoms with Crippen LogP contribution in [-0.2, 0) is 14.3 Å². The second-order valence-electron chi connectivity index (χ2n) is 9.17. The maximum atomic E-state index is 13.5. The van der Waals surface area contributed by atoms with E-state index >= 15 is 0 Å². The summed E-state index contributed by atoms with van der Waals surface area (Å²) in [5, 5.41) is 3.39. The number of unbranched alkanes of at least 4 members (excludes halogenated alkanes) is 1. The van der Waals surface area contributed by atoms with Crippen LogP contribution in [0.25, 0.3) is 0 Å². The van der Waals surface area contributed by atoms with Gasteiger partial charge in [0.05, 0.1) is 18.1 Å². The van der Waals surface area contributed by atoms with Crippen molar-refractivity contribution >= 4 is 11.8 Å². The van der Waals surface area contributed by atoms with Crippen molar-refractivity contribution in [3.63, 3.8) is 0 Å². The van der Waals surface area contributed by atoms with E-state index in [0.29, 0.717) is 24.2 Å². The van der Waals surface area contributed by atoms with Gasteiger partial charge >= 0.3 is 5.97 Å². The highest BCUT2D eigenvalue weighted by molar-refractivity contribution is 6.04. The summed E-state index contributed by atoms with van der Waals surface area (Å²) in [5.41, 5.74) is 3.87. The zero-order valence-corrected chi connectivity index (χ0v) is 19.4. The van der Waals surface area contributed by atoms with Crippen molar-refractivity contribution in [2.75, 3.05) is 6.61 Å². The Balaban J connectivity index is 1.73. The zero-order chi connectivity index (χ0) is 22.5. The summed E-state index contributed by atoms with van der Waals surface area (Å²) in [6.07, 6.45) is 9.36. The molecule has 1 aliphatic heterocycles. The largest absolute Gasteiger partial charge is 0.493 e. The van der Waals surface area contributed by atoms with Gasteiger partial charge in [0.1, 0.15) is 11.9 Å². The summed E-state index contributed by atoms with van der Waals surface area (Å²) < 4.78 is 12.1. The first kappa shape index (κ1) is 22.6. The molecule has 0 unspecified atom stereocenters. The molecule has 0 radical (unpaired) electrons. The fourth-order valence-corrected chi connectivity index (χ4v) is 5.14. The lowest BCUT2D eigenvalue weighted by molar-refractivity contribution is -0.146. The van der Waals surface area contributed by atoms with Crippen molar-refractivity contribution in [2.24, 2.45) is 0 Å². The number of ketones is 1. The summed E-state index contributed by atoms with van der Waals surface area (Å²) >= 11 is 0. The van der Waals surface area contributed by atoms with Crippen LogP contribution >= 0.6 is 0 Å². The Hall–Kier alpha value is -2.56. The molecule has 1 N–H and O–H groups in total. The molecule has 1 fully saturated rings. The van der Waals surface area contributed by atoms with Crippen LogP contribution in [0.2, 0.25) is 0 Å². The third kappa shape index (κ3) is 4.77. The molecule has 5 nitrogen and oxygen atoms in total. The Kier molecular flexibility index (Phi) is 7.33. The minimum atomic E-state index is -0.451. The number of hydrogen-bond donors (Lipinski definition) is 1. The maximum absolute atomic E-state index is 13.5. The predicted molar refractivity (Wildman–Crippen MR) is 124 cm³/mol. The van der Waals surface area contributed by atoms with Crippen LogP contribution in [-0.4, -0.2) is 24.5 Å². The molecule has 0 bridgehead atoms. The number of benzene rings is 1. The van der Waals surface area contributed by atoms with E-state index in [1.165, 1.54) is 6.42 Å². The molecule has 1 saturated carbocycles. The molecule has 0 spiro atoms. The topological polar surface area (TPSA) is 64.6 Å². The number of hydrogen-bond acceptors (Lipinski definition) is 5. The number of carbonyl (C=O) groups is 2. The van der Waals surface area contributed by atoms with Crippen LogP contribution in [0.4, 0.5) is 0 Å². The fraction of sp³-hybridized carbons (Fsp3) is 0.556. The monoisotopic (exact) mass is 437 g/mol. The standard InChI is InChI=1S/C27H35NO4/c1-3-4-17-31-23-16-9-8-13-20(23)25-24(27(30)32-19-11-6-5-7-12-19)18(2)28-21-14-10-15-22(29)26(21)25/h8-9,13,16,19,25,28H,3-7,10-12,14-15,17H2,1-2H3/t25-/m1/s1. The lowest BCUT2D eigenvalue weighted by Gasteiger charge is -2.35. The average Bonchev–Trinajstić information content (AvgIpc) is 2.79. The summed E-state index contributed by atoms with van der Waals surface area (Å²) in [5.74, 6) is 0.101. The van der Waals surface area contributed by atoms with Crippen LogP contribution in [0.5, 0.6) is 5.75 Å². The van der Waals surface area contributed by atoms with Gasteiger partial charge in [0.15, 0.2) is 5.78 Å². The number of nitrogens with one attached hydrogen (secondary N) is 1. The predicted octanol–water partition coefficient (Wildman–Crippen LogP) is 5.71. The van der Waals surface area contributed by atoms with Gasteiger partial charge in [-0.15, -0.1) is 0 Å². The first-order valence-corrected chi connectivity index (χ1v) is 12.3. The van der Waals surface area contributed by atoms with Crippen molar-refractivity contribution < 1.29 is 19.1 Å². The number of esters is 1. The van der Waals surface area contributed by atoms with Crippen molar-refractivity contribution in [1.82, 2.24) is 5.32 Å². The molecule has 3 aliphatic rings. The summed E-state index contributed by atoms with van der Waals surface area (Å²) in [7, 11) is 0. The van der Waals surface area contributed by atoms with E-state index in [2.05, 4.69) is 12.2 Å². The number of rotatable bonds is 7. The van der Waals surface area contributed by atoms with Crippen LogP contribution in [0.15, 0.2) is 46.8 Å². The smallest absolute Gasteiger partial charge is 0.337 e. The summed E-state index contributed by atoms with van der Waals surface area (Å²) in [6.45, 7) is 4.67. The van der Waals surface area contributed by atoms with Crippen LogP contribution in [0.1, 0.15) is 89.5 Å². The molecule has 0 amide bonds. The fourth-order valence-electron chi connectivity index (χ4n) is 5.14. The molecular formula is C27H35NO4. The minimum Gasteiger partial charge on any atom is -0.493 e. The Labute approximate surface area is 191 Å². The third-order valence-corrected chi connectivity index (χ3v) is 6.81. The van der Waals surface area contributed by atoms with E-state index in [4.69, 9.17) is 9.47 Å². The van der Waals surface area contributed by atoms with Gasteiger partial charge < -0.3 is 14.8 Å². The maximum Gasteiger partial charge on any atom is 0.337 e. The number of allylic oxidation sites excluding steroid dienone is 3. The van der Waals surface area contributed by atoms with Gasteiger partial charge in [-0.05, 0) is 57.9 Å². The molecule has 0 aromatic heterocycles. The third-order valence-electron chi connectivity index (χ3n) is 6.81. The van der Waals surface area contributed by atoms with Crippen LogP contribution < -0.4 is 10.1 Å². The molecule has 4 rings (SSSR count). The first-order chi connectivity index (χ1) is 15.6. The van der Waals surface area contributed by atoms with Gasteiger partial charge in [-0.2, -0.15) is 0 Å². The zero-order valence-electron chi connectivity index (χ0n) is 19.4. The van der Waals surface area contributed by atoms with Crippen molar-refractivity contribution in [1.29, 1.82) is 0 Å². The first-order valence-electron chi connectivity index (χ1n) is 12.3. The molecule has 1 aromatic carbocycles. The molecular weight excluding hydrogens is 402 g/mol. The van der Waals surface area contributed by atoms with Gasteiger partial charge in [-0.25, -0.2) is 4.79 Å². The second kappa shape index (κ2) is 10.4. The highest BCUT2D eigenvalue weighted by atomic mass is 16.5. The van der Waals surface area contributed by atoms with Crippen molar-refractivity contribution in [3.8, 4) is 5.75 Å². The molecule has 32 heavy (non-hydrogen) atoms. The lowest BCUT2D eigenvalue weighted by atomic mass is 9.75. The Morgan fingerprint density at radius 1 is 1.09 bits per heavy atom. The highest BCUT2D eigenvalue weighted by Gasteiger charge is 2.40. The quantitative estimate of drug-likeness (QED) is 0.437. The Bertz CT molecular complexity index is 923. The molecule has 0 saturated heterocycles.